The second-order valence-electron chi connectivity index (χ2n) is 5.08. The quantitative estimate of drug-likeness (QED) is 0.715. The van der Waals surface area contributed by atoms with E-state index in [1.54, 1.807) is 12.1 Å². The minimum absolute atomic E-state index is 0.169. The smallest absolute Gasteiger partial charge is 0.123 e. The molecule has 2 aromatic rings. The Hall–Kier alpha value is -1.50. The van der Waals surface area contributed by atoms with Crippen LogP contribution in [0.2, 0.25) is 10.0 Å². The van der Waals surface area contributed by atoms with Crippen LogP contribution in [0.4, 0.5) is 4.39 Å². The first-order chi connectivity index (χ1) is 9.97. The molecule has 2 rings (SSSR count). The Morgan fingerprint density at radius 3 is 2.33 bits per heavy atom. The minimum Gasteiger partial charge on any atom is -0.341 e. The van der Waals surface area contributed by atoms with E-state index in [0.29, 0.717) is 23.0 Å². The molecule has 0 N–H and O–H groups in total. The van der Waals surface area contributed by atoms with Gasteiger partial charge in [-0.1, -0.05) is 37.0 Å². The van der Waals surface area contributed by atoms with Crippen LogP contribution in [0.5, 0.6) is 0 Å². The topological polar surface area (TPSA) is 28.7 Å². The van der Waals surface area contributed by atoms with Gasteiger partial charge in [0.2, 0.25) is 0 Å². The molecule has 0 aliphatic heterocycles. The van der Waals surface area contributed by atoms with E-state index in [9.17, 15) is 4.39 Å². The first-order valence-corrected chi connectivity index (χ1v) is 7.43. The summed E-state index contributed by atoms with van der Waals surface area (Å²) >= 11 is 12.8. The number of hydrogen-bond donors (Lipinski definition) is 0. The highest BCUT2D eigenvalue weighted by atomic mass is 35.5. The zero-order valence-electron chi connectivity index (χ0n) is 11.8. The van der Waals surface area contributed by atoms with Gasteiger partial charge in [-0.25, -0.2) is 4.39 Å². The summed E-state index contributed by atoms with van der Waals surface area (Å²) in [5.74, 6) is -0.136. The fourth-order valence-corrected chi connectivity index (χ4v) is 3.14. The molecule has 0 bridgehead atoms. The summed E-state index contributed by atoms with van der Waals surface area (Å²) in [6.45, 7) is 4.55. The molecule has 0 saturated heterocycles. The summed E-state index contributed by atoms with van der Waals surface area (Å²) in [5.41, 5.74) is 2.42. The summed E-state index contributed by atoms with van der Waals surface area (Å²) in [5, 5.41) is 9.80. The van der Waals surface area contributed by atoms with Gasteiger partial charge in [0.1, 0.15) is 5.82 Å². The van der Waals surface area contributed by atoms with Crippen molar-refractivity contribution in [1.82, 2.24) is 4.57 Å². The Labute approximate surface area is 133 Å². The van der Waals surface area contributed by atoms with Crippen molar-refractivity contribution in [2.24, 2.45) is 0 Å². The molecule has 0 fully saturated rings. The zero-order valence-corrected chi connectivity index (χ0v) is 13.3. The Morgan fingerprint density at radius 1 is 1.19 bits per heavy atom. The average Bonchev–Trinajstić information content (AvgIpc) is 2.69. The van der Waals surface area contributed by atoms with Gasteiger partial charge in [-0.3, -0.25) is 0 Å². The number of benzene rings is 1. The fourth-order valence-electron chi connectivity index (χ4n) is 2.42. The first-order valence-electron chi connectivity index (χ1n) is 6.67. The molecule has 1 aromatic heterocycles. The highest BCUT2D eigenvalue weighted by Gasteiger charge is 2.23. The summed E-state index contributed by atoms with van der Waals surface area (Å²) in [7, 11) is 0. The van der Waals surface area contributed by atoms with Crippen molar-refractivity contribution in [3.05, 3.63) is 45.8 Å². The summed E-state index contributed by atoms with van der Waals surface area (Å²) in [6, 6.07) is 8.24. The normalized spacial score (nSPS) is 10.9. The second-order valence-corrected chi connectivity index (χ2v) is 5.84. The zero-order chi connectivity index (χ0) is 15.6. The van der Waals surface area contributed by atoms with Crippen LogP contribution in [-0.2, 0) is 6.54 Å². The van der Waals surface area contributed by atoms with Gasteiger partial charge in [0.15, 0.2) is 0 Å². The highest BCUT2D eigenvalue weighted by molar-refractivity contribution is 6.44. The molecular weight excluding hydrogens is 310 g/mol. The molecule has 5 heteroatoms. The molecule has 0 spiro atoms. The molecule has 21 heavy (non-hydrogen) atoms. The highest BCUT2D eigenvalue weighted by Crippen LogP contribution is 2.42. The van der Waals surface area contributed by atoms with Crippen LogP contribution < -0.4 is 0 Å². The van der Waals surface area contributed by atoms with Crippen LogP contribution in [0.3, 0.4) is 0 Å². The molecular formula is C16H15Cl2FN2. The maximum atomic E-state index is 13.1. The molecule has 1 heterocycles. The molecule has 0 amide bonds. The third-order valence-electron chi connectivity index (χ3n) is 3.30. The van der Waals surface area contributed by atoms with Crippen LogP contribution in [0.15, 0.2) is 24.3 Å². The lowest BCUT2D eigenvalue weighted by molar-refractivity contribution is 0.627. The minimum atomic E-state index is -0.305. The number of hydrogen-bond acceptors (Lipinski definition) is 1. The Morgan fingerprint density at radius 2 is 1.81 bits per heavy atom. The SMILES string of the molecule is CC(C)c1c(Cl)c(Cl)c(-c2ccc(F)cc2)n1CCC#N. The van der Waals surface area contributed by atoms with Gasteiger partial charge in [0.05, 0.1) is 28.2 Å². The van der Waals surface area contributed by atoms with Gasteiger partial charge in [-0.05, 0) is 35.7 Å². The van der Waals surface area contributed by atoms with Crippen molar-refractivity contribution in [2.45, 2.75) is 32.7 Å². The number of nitrogens with zero attached hydrogens (tertiary/aromatic N) is 2. The van der Waals surface area contributed by atoms with Crippen molar-refractivity contribution >= 4 is 23.2 Å². The third kappa shape index (κ3) is 3.07. The maximum Gasteiger partial charge on any atom is 0.123 e. The van der Waals surface area contributed by atoms with Gasteiger partial charge in [-0.2, -0.15) is 5.26 Å². The van der Waals surface area contributed by atoms with E-state index in [4.69, 9.17) is 28.5 Å². The van der Waals surface area contributed by atoms with E-state index in [0.717, 1.165) is 17.0 Å². The summed E-state index contributed by atoms with van der Waals surface area (Å²) < 4.78 is 15.1. The maximum absolute atomic E-state index is 13.1. The van der Waals surface area contributed by atoms with Crippen LogP contribution in [0, 0.1) is 17.1 Å². The van der Waals surface area contributed by atoms with E-state index in [1.807, 2.05) is 18.4 Å². The Bertz CT molecular complexity index is 682. The molecule has 0 aliphatic carbocycles. The first kappa shape index (κ1) is 15.9. The number of aromatic nitrogens is 1. The monoisotopic (exact) mass is 324 g/mol. The average molecular weight is 325 g/mol. The predicted molar refractivity (Wildman–Crippen MR) is 84.2 cm³/mol. The van der Waals surface area contributed by atoms with Crippen molar-refractivity contribution in [1.29, 1.82) is 5.26 Å². The van der Waals surface area contributed by atoms with Crippen LogP contribution in [-0.4, -0.2) is 4.57 Å². The van der Waals surface area contributed by atoms with Crippen molar-refractivity contribution in [2.75, 3.05) is 0 Å². The fraction of sp³-hybridized carbons (Fsp3) is 0.312. The molecule has 0 saturated carbocycles. The largest absolute Gasteiger partial charge is 0.341 e. The number of nitriles is 1. The molecule has 0 radical (unpaired) electrons. The molecule has 0 atom stereocenters. The van der Waals surface area contributed by atoms with Crippen molar-refractivity contribution in [3.63, 3.8) is 0 Å². The van der Waals surface area contributed by atoms with E-state index in [2.05, 4.69) is 6.07 Å². The number of halogens is 3. The number of rotatable bonds is 4. The summed E-state index contributed by atoms with van der Waals surface area (Å²) in [6.07, 6.45) is 0.356. The molecule has 0 unspecified atom stereocenters. The van der Waals surface area contributed by atoms with Crippen LogP contribution in [0.1, 0.15) is 31.9 Å². The van der Waals surface area contributed by atoms with Crippen molar-refractivity contribution < 1.29 is 4.39 Å². The van der Waals surface area contributed by atoms with Gasteiger partial charge in [-0.15, -0.1) is 0 Å². The van der Waals surface area contributed by atoms with E-state index < -0.39 is 0 Å². The van der Waals surface area contributed by atoms with Gasteiger partial charge < -0.3 is 4.57 Å². The summed E-state index contributed by atoms with van der Waals surface area (Å²) in [4.78, 5) is 0. The molecule has 2 nitrogen and oxygen atoms in total. The van der Waals surface area contributed by atoms with Gasteiger partial charge >= 0.3 is 0 Å². The lowest BCUT2D eigenvalue weighted by Crippen LogP contribution is -2.06. The Balaban J connectivity index is 2.66. The lowest BCUT2D eigenvalue weighted by atomic mass is 10.1. The lowest BCUT2D eigenvalue weighted by Gasteiger charge is -2.14. The molecule has 1 aromatic carbocycles. The van der Waals surface area contributed by atoms with E-state index in [-0.39, 0.29) is 11.7 Å². The second kappa shape index (κ2) is 6.51. The molecule has 110 valence electrons. The Kier molecular flexibility index (Phi) is 4.92. The van der Waals surface area contributed by atoms with Crippen LogP contribution in [0.25, 0.3) is 11.3 Å². The van der Waals surface area contributed by atoms with Gasteiger partial charge in [0, 0.05) is 12.2 Å². The van der Waals surface area contributed by atoms with Crippen LogP contribution >= 0.6 is 23.2 Å². The van der Waals surface area contributed by atoms with Gasteiger partial charge in [0.25, 0.3) is 0 Å². The van der Waals surface area contributed by atoms with E-state index in [1.165, 1.54) is 12.1 Å². The van der Waals surface area contributed by atoms with E-state index >= 15 is 0 Å². The third-order valence-corrected chi connectivity index (χ3v) is 4.15. The molecule has 0 aliphatic rings. The van der Waals surface area contributed by atoms with Crippen molar-refractivity contribution in [3.8, 4) is 17.3 Å². The standard InChI is InChI=1S/C16H15Cl2FN2/c1-10(2)15-13(17)14(18)16(21(15)9-3-8-20)11-4-6-12(19)7-5-11/h4-7,10H,3,9H2,1-2H3. The predicted octanol–water partition coefficient (Wildman–Crippen LogP) is 5.64.